The summed E-state index contributed by atoms with van der Waals surface area (Å²) in [6.07, 6.45) is 1.84. The molecule has 1 amide bonds. The maximum Gasteiger partial charge on any atom is 0.404 e. The van der Waals surface area contributed by atoms with Crippen LogP contribution in [0.25, 0.3) is 0 Å². The summed E-state index contributed by atoms with van der Waals surface area (Å²) < 4.78 is 10.3. The molecule has 5 heteroatoms. The van der Waals surface area contributed by atoms with Crippen LogP contribution in [0.3, 0.4) is 0 Å². The van der Waals surface area contributed by atoms with Gasteiger partial charge in [-0.15, -0.1) is 0 Å². The number of primary amides is 1. The van der Waals surface area contributed by atoms with Crippen molar-refractivity contribution >= 4 is 6.09 Å². The van der Waals surface area contributed by atoms with E-state index in [0.717, 1.165) is 23.4 Å². The Morgan fingerprint density at radius 1 is 1.75 bits per heavy atom. The van der Waals surface area contributed by atoms with Crippen LogP contribution in [0.5, 0.6) is 5.75 Å². The van der Waals surface area contributed by atoms with Gasteiger partial charge in [0.15, 0.2) is 0 Å². The highest BCUT2D eigenvalue weighted by Crippen LogP contribution is 2.32. The molecule has 2 rings (SSSR count). The zero-order chi connectivity index (χ0) is 11.5. The van der Waals surface area contributed by atoms with Crippen LogP contribution in [0.2, 0.25) is 0 Å². The van der Waals surface area contributed by atoms with Gasteiger partial charge in [-0.1, -0.05) is 6.92 Å². The largest absolute Gasteiger partial charge is 0.491 e. The molecule has 0 aromatic carbocycles. The van der Waals surface area contributed by atoms with E-state index in [1.165, 1.54) is 0 Å². The van der Waals surface area contributed by atoms with Crippen molar-refractivity contribution in [3.05, 3.63) is 23.5 Å². The third-order valence-corrected chi connectivity index (χ3v) is 2.60. The normalized spacial score (nSPS) is 15.1. The summed E-state index contributed by atoms with van der Waals surface area (Å²) in [5, 5.41) is 0. The summed E-state index contributed by atoms with van der Waals surface area (Å²) in [4.78, 5) is 14.8. The van der Waals surface area contributed by atoms with Gasteiger partial charge in [-0.05, 0) is 6.07 Å². The second-order valence-corrected chi connectivity index (χ2v) is 3.81. The molecule has 0 aliphatic carbocycles. The lowest BCUT2D eigenvalue weighted by Gasteiger charge is -2.14. The van der Waals surface area contributed by atoms with Gasteiger partial charge in [0.2, 0.25) is 0 Å². The van der Waals surface area contributed by atoms with Gasteiger partial charge in [-0.25, -0.2) is 4.79 Å². The zero-order valence-corrected chi connectivity index (χ0v) is 9.10. The van der Waals surface area contributed by atoms with E-state index in [9.17, 15) is 4.79 Å². The molecule has 1 aliphatic heterocycles. The quantitative estimate of drug-likeness (QED) is 0.834. The van der Waals surface area contributed by atoms with Crippen LogP contribution in [0.15, 0.2) is 12.3 Å². The number of pyridine rings is 1. The van der Waals surface area contributed by atoms with E-state index in [1.807, 2.05) is 13.0 Å². The number of fused-ring (bicyclic) bond motifs is 1. The van der Waals surface area contributed by atoms with E-state index in [1.54, 1.807) is 6.20 Å². The molecule has 1 aliphatic rings. The Kier molecular flexibility index (Phi) is 2.94. The maximum absolute atomic E-state index is 10.5. The Morgan fingerprint density at radius 2 is 2.56 bits per heavy atom. The lowest BCUT2D eigenvalue weighted by molar-refractivity contribution is 0.150. The van der Waals surface area contributed by atoms with Crippen LogP contribution in [-0.2, 0) is 11.2 Å². The maximum atomic E-state index is 10.5. The van der Waals surface area contributed by atoms with Crippen molar-refractivity contribution < 1.29 is 14.3 Å². The second kappa shape index (κ2) is 4.38. The minimum absolute atomic E-state index is 0.0577. The topological polar surface area (TPSA) is 74.4 Å². The van der Waals surface area contributed by atoms with Crippen LogP contribution in [0.1, 0.15) is 24.1 Å². The number of hydrogen-bond donors (Lipinski definition) is 1. The summed E-state index contributed by atoms with van der Waals surface area (Å²) in [5.41, 5.74) is 6.92. The summed E-state index contributed by atoms with van der Waals surface area (Å²) in [5.74, 6) is 0.894. The molecule has 0 bridgehead atoms. The number of carbonyl (C=O) groups excluding carboxylic acids is 1. The fraction of sp³-hybridized carbons (Fsp3) is 0.455. The number of rotatable bonds is 3. The molecule has 16 heavy (non-hydrogen) atoms. The van der Waals surface area contributed by atoms with E-state index in [2.05, 4.69) is 4.98 Å². The van der Waals surface area contributed by atoms with Crippen LogP contribution in [-0.4, -0.2) is 24.3 Å². The van der Waals surface area contributed by atoms with Gasteiger partial charge in [0.05, 0.1) is 18.9 Å². The molecule has 0 saturated carbocycles. The molecule has 0 fully saturated rings. The second-order valence-electron chi connectivity index (χ2n) is 3.81. The molecule has 1 unspecified atom stereocenters. The van der Waals surface area contributed by atoms with E-state index >= 15 is 0 Å². The summed E-state index contributed by atoms with van der Waals surface area (Å²) in [7, 11) is 0. The van der Waals surface area contributed by atoms with Crippen molar-refractivity contribution in [3.63, 3.8) is 0 Å². The van der Waals surface area contributed by atoms with E-state index in [4.69, 9.17) is 15.2 Å². The number of amides is 1. The SMILES string of the molecule is CC(COC(N)=O)c1ccnc2c1OCC2. The van der Waals surface area contributed by atoms with Gasteiger partial charge in [0.25, 0.3) is 0 Å². The Balaban J connectivity index is 2.14. The third kappa shape index (κ3) is 2.08. The average molecular weight is 222 g/mol. The van der Waals surface area contributed by atoms with Gasteiger partial charge >= 0.3 is 6.09 Å². The highest BCUT2D eigenvalue weighted by molar-refractivity contribution is 5.64. The molecule has 1 aromatic heterocycles. The minimum atomic E-state index is -0.751. The number of nitrogens with zero attached hydrogens (tertiary/aromatic N) is 1. The van der Waals surface area contributed by atoms with Crippen molar-refractivity contribution in [2.24, 2.45) is 5.73 Å². The van der Waals surface area contributed by atoms with Crippen molar-refractivity contribution in [1.82, 2.24) is 4.98 Å². The number of ether oxygens (including phenoxy) is 2. The van der Waals surface area contributed by atoms with Crippen LogP contribution < -0.4 is 10.5 Å². The first-order valence-corrected chi connectivity index (χ1v) is 5.21. The number of nitrogens with two attached hydrogens (primary N) is 1. The predicted molar refractivity (Wildman–Crippen MR) is 57.4 cm³/mol. The van der Waals surface area contributed by atoms with Gasteiger partial charge in [0, 0.05) is 24.1 Å². The van der Waals surface area contributed by atoms with Crippen molar-refractivity contribution in [1.29, 1.82) is 0 Å². The summed E-state index contributed by atoms with van der Waals surface area (Å²) in [6, 6.07) is 1.89. The molecule has 0 saturated heterocycles. The number of carbonyl (C=O) groups is 1. The highest BCUT2D eigenvalue weighted by Gasteiger charge is 2.21. The Labute approximate surface area is 93.6 Å². The highest BCUT2D eigenvalue weighted by atomic mass is 16.5. The predicted octanol–water partition coefficient (Wildman–Crippen LogP) is 1.22. The van der Waals surface area contributed by atoms with Gasteiger partial charge in [0.1, 0.15) is 5.75 Å². The van der Waals surface area contributed by atoms with Crippen LogP contribution in [0, 0.1) is 0 Å². The van der Waals surface area contributed by atoms with Gasteiger partial charge < -0.3 is 15.2 Å². The Hall–Kier alpha value is -1.78. The first-order chi connectivity index (χ1) is 7.68. The van der Waals surface area contributed by atoms with Crippen LogP contribution in [0.4, 0.5) is 4.79 Å². The number of hydrogen-bond acceptors (Lipinski definition) is 4. The molecule has 1 aromatic rings. The van der Waals surface area contributed by atoms with E-state index in [0.29, 0.717) is 6.61 Å². The molecular weight excluding hydrogens is 208 g/mol. The first kappa shape index (κ1) is 10.7. The summed E-state index contributed by atoms with van der Waals surface area (Å²) >= 11 is 0. The molecule has 2 N–H and O–H groups in total. The van der Waals surface area contributed by atoms with Crippen LogP contribution >= 0.6 is 0 Å². The first-order valence-electron chi connectivity index (χ1n) is 5.21. The fourth-order valence-electron chi connectivity index (χ4n) is 1.79. The molecule has 86 valence electrons. The smallest absolute Gasteiger partial charge is 0.404 e. The zero-order valence-electron chi connectivity index (χ0n) is 9.10. The van der Waals surface area contributed by atoms with Gasteiger partial charge in [-0.3, -0.25) is 4.98 Å². The molecule has 0 radical (unpaired) electrons. The average Bonchev–Trinajstić information content (AvgIpc) is 2.73. The fourth-order valence-corrected chi connectivity index (χ4v) is 1.79. The monoisotopic (exact) mass is 222 g/mol. The van der Waals surface area contributed by atoms with Crippen molar-refractivity contribution in [2.75, 3.05) is 13.2 Å². The van der Waals surface area contributed by atoms with E-state index in [-0.39, 0.29) is 12.5 Å². The molecule has 2 heterocycles. The van der Waals surface area contributed by atoms with Crippen molar-refractivity contribution in [2.45, 2.75) is 19.3 Å². The third-order valence-electron chi connectivity index (χ3n) is 2.60. The molecule has 0 spiro atoms. The molecular formula is C11H14N2O3. The number of aromatic nitrogens is 1. The van der Waals surface area contributed by atoms with Gasteiger partial charge in [-0.2, -0.15) is 0 Å². The molecule has 1 atom stereocenters. The minimum Gasteiger partial charge on any atom is -0.491 e. The standard InChI is InChI=1S/C11H14N2O3/c1-7(6-16-11(12)14)8-2-4-13-9-3-5-15-10(8)9/h2,4,7H,3,5-6H2,1H3,(H2,12,14). The lowest BCUT2D eigenvalue weighted by Crippen LogP contribution is -2.17. The van der Waals surface area contributed by atoms with Crippen molar-refractivity contribution in [3.8, 4) is 5.75 Å². The van der Waals surface area contributed by atoms with E-state index < -0.39 is 6.09 Å². The molecule has 5 nitrogen and oxygen atoms in total. The summed E-state index contributed by atoms with van der Waals surface area (Å²) in [6.45, 7) is 2.89. The lowest BCUT2D eigenvalue weighted by atomic mass is 10.0. The Bertz CT molecular complexity index is 406. The Morgan fingerprint density at radius 3 is 3.31 bits per heavy atom.